The summed E-state index contributed by atoms with van der Waals surface area (Å²) < 4.78 is 1.89. The largest absolute Gasteiger partial charge is 0.346 e. The topological polar surface area (TPSA) is 76.4 Å². The number of hydrogen-bond donors (Lipinski definition) is 1. The highest BCUT2D eigenvalue weighted by molar-refractivity contribution is 7.98. The molecule has 3 aromatic rings. The molecule has 0 spiro atoms. The normalized spacial score (nSPS) is 12.2. The number of carbonyl (C=O) groups is 2. The van der Waals surface area contributed by atoms with E-state index in [-0.39, 0.29) is 30.6 Å². The fourth-order valence-electron chi connectivity index (χ4n) is 2.65. The second-order valence-corrected chi connectivity index (χ2v) is 7.72. The van der Waals surface area contributed by atoms with E-state index in [1.54, 1.807) is 17.8 Å². The van der Waals surface area contributed by atoms with Crippen molar-refractivity contribution in [3.63, 3.8) is 0 Å². The van der Waals surface area contributed by atoms with Crippen molar-refractivity contribution in [1.82, 2.24) is 19.9 Å². The smallest absolute Gasteiger partial charge is 0.221 e. The number of thioether (sulfide) groups is 1. The lowest BCUT2D eigenvalue weighted by molar-refractivity contribution is -0.121. The lowest BCUT2D eigenvalue weighted by Gasteiger charge is -2.17. The van der Waals surface area contributed by atoms with Crippen molar-refractivity contribution in [2.24, 2.45) is 0 Å². The maximum Gasteiger partial charge on any atom is 0.221 e. The molecule has 0 saturated carbocycles. The molecule has 26 heavy (non-hydrogen) atoms. The van der Waals surface area contributed by atoms with Crippen molar-refractivity contribution >= 4 is 40.4 Å². The Morgan fingerprint density at radius 3 is 2.88 bits per heavy atom. The molecule has 0 bridgehead atoms. The summed E-state index contributed by atoms with van der Waals surface area (Å²) in [7, 11) is 0. The monoisotopic (exact) mass is 388 g/mol. The molecule has 1 N–H and O–H groups in total. The van der Waals surface area contributed by atoms with Crippen LogP contribution in [0.15, 0.2) is 41.9 Å². The molecule has 0 aliphatic carbocycles. The number of rotatable bonds is 9. The van der Waals surface area contributed by atoms with Gasteiger partial charge in [0.25, 0.3) is 0 Å². The Kier molecular flexibility index (Phi) is 6.40. The molecule has 3 heterocycles. The van der Waals surface area contributed by atoms with E-state index in [0.717, 1.165) is 17.8 Å². The van der Waals surface area contributed by atoms with E-state index in [1.807, 2.05) is 46.5 Å². The van der Waals surface area contributed by atoms with Crippen molar-refractivity contribution in [1.29, 1.82) is 0 Å². The Bertz CT molecular complexity index is 876. The average Bonchev–Trinajstić information content (AvgIpc) is 3.33. The van der Waals surface area contributed by atoms with Crippen LogP contribution in [0.25, 0.3) is 5.65 Å². The summed E-state index contributed by atoms with van der Waals surface area (Å²) in [5.41, 5.74) is 0.749. The summed E-state index contributed by atoms with van der Waals surface area (Å²) in [6.07, 6.45) is 5.05. The first kappa shape index (κ1) is 18.6. The third-order valence-electron chi connectivity index (χ3n) is 3.97. The van der Waals surface area contributed by atoms with Gasteiger partial charge in [-0.2, -0.15) is 11.8 Å². The molecule has 1 atom stereocenters. The molecule has 3 aromatic heterocycles. The van der Waals surface area contributed by atoms with Gasteiger partial charge in [0.05, 0.1) is 10.9 Å². The van der Waals surface area contributed by atoms with Crippen molar-refractivity contribution in [2.45, 2.75) is 25.3 Å². The molecular weight excluding hydrogens is 368 g/mol. The molecule has 0 unspecified atom stereocenters. The minimum atomic E-state index is -0.232. The van der Waals surface area contributed by atoms with Crippen LogP contribution >= 0.6 is 23.1 Å². The predicted octanol–water partition coefficient (Wildman–Crippen LogP) is 3.36. The zero-order valence-corrected chi connectivity index (χ0v) is 16.1. The summed E-state index contributed by atoms with van der Waals surface area (Å²) >= 11 is 3.12. The summed E-state index contributed by atoms with van der Waals surface area (Å²) in [6, 6.07) is 9.08. The van der Waals surface area contributed by atoms with Crippen LogP contribution in [0.5, 0.6) is 0 Å². The lowest BCUT2D eigenvalue weighted by Crippen LogP contribution is -2.30. The third kappa shape index (κ3) is 4.50. The van der Waals surface area contributed by atoms with Crippen molar-refractivity contribution in [3.8, 4) is 0 Å². The van der Waals surface area contributed by atoms with Gasteiger partial charge in [0.15, 0.2) is 17.3 Å². The molecule has 0 aromatic carbocycles. The zero-order chi connectivity index (χ0) is 18.4. The van der Waals surface area contributed by atoms with E-state index >= 15 is 0 Å². The fraction of sp³-hybridized carbons (Fsp3) is 0.333. The molecule has 0 aliphatic heterocycles. The van der Waals surface area contributed by atoms with Gasteiger partial charge in [-0.3, -0.25) is 14.0 Å². The van der Waals surface area contributed by atoms with Crippen LogP contribution in [0, 0.1) is 0 Å². The molecule has 8 heteroatoms. The molecule has 0 fully saturated rings. The van der Waals surface area contributed by atoms with E-state index in [2.05, 4.69) is 15.5 Å². The van der Waals surface area contributed by atoms with Gasteiger partial charge in [-0.05, 0) is 42.0 Å². The molecule has 0 radical (unpaired) electrons. The Balaban J connectivity index is 1.66. The minimum Gasteiger partial charge on any atom is -0.346 e. The highest BCUT2D eigenvalue weighted by Crippen LogP contribution is 2.19. The van der Waals surface area contributed by atoms with Gasteiger partial charge >= 0.3 is 0 Å². The highest BCUT2D eigenvalue weighted by atomic mass is 32.2. The maximum absolute atomic E-state index is 12.4. The predicted molar refractivity (Wildman–Crippen MR) is 105 cm³/mol. The number of amides is 1. The van der Waals surface area contributed by atoms with Crippen LogP contribution in [0.4, 0.5) is 0 Å². The van der Waals surface area contributed by atoms with Crippen LogP contribution in [-0.2, 0) is 4.79 Å². The van der Waals surface area contributed by atoms with Crippen LogP contribution in [0.2, 0.25) is 0 Å². The molecule has 0 aliphatic rings. The number of hydrogen-bond acceptors (Lipinski definition) is 6. The second-order valence-electron chi connectivity index (χ2n) is 5.79. The SMILES string of the molecule is CSCC[C@@H](NC(=O)CCC(=O)c1cccs1)c1nnc2ccccn12. The molecule has 136 valence electrons. The fourth-order valence-corrected chi connectivity index (χ4v) is 3.82. The number of carbonyl (C=O) groups excluding carboxylic acids is 2. The summed E-state index contributed by atoms with van der Waals surface area (Å²) in [5.74, 6) is 1.46. The maximum atomic E-state index is 12.4. The van der Waals surface area contributed by atoms with Crippen molar-refractivity contribution in [2.75, 3.05) is 12.0 Å². The Hall–Kier alpha value is -2.19. The number of nitrogens with one attached hydrogen (secondary N) is 1. The minimum absolute atomic E-state index is 0.00346. The average molecular weight is 389 g/mol. The Morgan fingerprint density at radius 1 is 1.23 bits per heavy atom. The Labute approximate surface area is 160 Å². The number of Topliss-reactive ketones (excluding diaryl/α,β-unsaturated/α-hetero) is 1. The van der Waals surface area contributed by atoms with Crippen LogP contribution in [-0.4, -0.2) is 38.3 Å². The van der Waals surface area contributed by atoms with Gasteiger partial charge in [0.1, 0.15) is 0 Å². The molecule has 3 rings (SSSR count). The van der Waals surface area contributed by atoms with Crippen LogP contribution in [0.1, 0.15) is 40.8 Å². The molecular formula is C18H20N4O2S2. The molecule has 6 nitrogen and oxygen atoms in total. The standard InChI is InChI=1S/C18H20N4O2S2/c1-25-12-9-13(18-21-20-16-6-2-3-10-22(16)18)19-17(24)8-7-14(23)15-5-4-11-26-15/h2-6,10-11,13H,7-9,12H2,1H3,(H,19,24)/t13-/m1/s1. The number of aromatic nitrogens is 3. The van der Waals surface area contributed by atoms with E-state index in [9.17, 15) is 9.59 Å². The van der Waals surface area contributed by atoms with Crippen LogP contribution in [0.3, 0.4) is 0 Å². The number of thiophene rings is 1. The van der Waals surface area contributed by atoms with Gasteiger partial charge in [-0.15, -0.1) is 21.5 Å². The number of ketones is 1. The first-order valence-electron chi connectivity index (χ1n) is 8.33. The highest BCUT2D eigenvalue weighted by Gasteiger charge is 2.20. The van der Waals surface area contributed by atoms with E-state index in [1.165, 1.54) is 11.3 Å². The van der Waals surface area contributed by atoms with E-state index in [0.29, 0.717) is 10.7 Å². The molecule has 0 saturated heterocycles. The number of fused-ring (bicyclic) bond motifs is 1. The third-order valence-corrected chi connectivity index (χ3v) is 5.53. The summed E-state index contributed by atoms with van der Waals surface area (Å²) in [5, 5.41) is 13.3. The lowest BCUT2D eigenvalue weighted by atomic mass is 10.1. The van der Waals surface area contributed by atoms with Gasteiger partial charge < -0.3 is 5.32 Å². The van der Waals surface area contributed by atoms with E-state index < -0.39 is 0 Å². The quantitative estimate of drug-likeness (QED) is 0.569. The second kappa shape index (κ2) is 8.95. The Morgan fingerprint density at radius 2 is 2.12 bits per heavy atom. The van der Waals surface area contributed by atoms with Crippen molar-refractivity contribution < 1.29 is 9.59 Å². The van der Waals surface area contributed by atoms with Gasteiger partial charge in [-0.25, -0.2) is 0 Å². The summed E-state index contributed by atoms with van der Waals surface area (Å²) in [6.45, 7) is 0. The zero-order valence-electron chi connectivity index (χ0n) is 14.4. The first-order valence-corrected chi connectivity index (χ1v) is 10.6. The van der Waals surface area contributed by atoms with Gasteiger partial charge in [0, 0.05) is 19.0 Å². The molecule has 1 amide bonds. The van der Waals surface area contributed by atoms with Gasteiger partial charge in [-0.1, -0.05) is 12.1 Å². The number of pyridine rings is 1. The number of nitrogens with zero attached hydrogens (tertiary/aromatic N) is 3. The summed E-state index contributed by atoms with van der Waals surface area (Å²) in [4.78, 5) is 25.2. The van der Waals surface area contributed by atoms with Crippen molar-refractivity contribution in [3.05, 3.63) is 52.6 Å². The van der Waals surface area contributed by atoms with E-state index in [4.69, 9.17) is 0 Å². The van der Waals surface area contributed by atoms with Gasteiger partial charge in [0.2, 0.25) is 5.91 Å². The van der Waals surface area contributed by atoms with Crippen LogP contribution < -0.4 is 5.32 Å². The first-order chi connectivity index (χ1) is 12.7.